The van der Waals surface area contributed by atoms with Gasteiger partial charge in [0.1, 0.15) is 10.6 Å². The lowest BCUT2D eigenvalue weighted by atomic mass is 9.82. The van der Waals surface area contributed by atoms with E-state index in [0.29, 0.717) is 5.95 Å². The molecule has 0 bridgehead atoms. The Morgan fingerprint density at radius 2 is 2.14 bits per heavy atom. The number of anilines is 2. The molecule has 2 aromatic heterocycles. The van der Waals surface area contributed by atoms with Gasteiger partial charge < -0.3 is 15.8 Å². The van der Waals surface area contributed by atoms with Gasteiger partial charge in [-0.2, -0.15) is 4.98 Å². The average Bonchev–Trinajstić information content (AvgIpc) is 2.88. The van der Waals surface area contributed by atoms with Crippen molar-refractivity contribution in [1.82, 2.24) is 9.97 Å². The predicted molar refractivity (Wildman–Crippen MR) is 87.9 cm³/mol. The fourth-order valence-corrected chi connectivity index (χ4v) is 3.61. The van der Waals surface area contributed by atoms with Crippen LogP contribution in [0.3, 0.4) is 0 Å². The molecule has 1 aliphatic rings. The highest BCUT2D eigenvalue weighted by atomic mass is 32.1. The van der Waals surface area contributed by atoms with Crippen molar-refractivity contribution in [1.29, 1.82) is 0 Å². The molecule has 3 rings (SSSR count). The van der Waals surface area contributed by atoms with Crippen molar-refractivity contribution in [3.8, 4) is 0 Å². The summed E-state index contributed by atoms with van der Waals surface area (Å²) in [5.41, 5.74) is 6.10. The van der Waals surface area contributed by atoms with Crippen LogP contribution in [-0.4, -0.2) is 29.7 Å². The Kier molecular flexibility index (Phi) is 3.99. The van der Waals surface area contributed by atoms with Gasteiger partial charge in [0, 0.05) is 24.6 Å². The summed E-state index contributed by atoms with van der Waals surface area (Å²) in [5, 5.41) is 4.58. The Bertz CT molecular complexity index is 634. The molecule has 114 valence electrons. The quantitative estimate of drug-likeness (QED) is 0.908. The van der Waals surface area contributed by atoms with Gasteiger partial charge in [0.2, 0.25) is 5.95 Å². The Balaban J connectivity index is 1.84. The van der Waals surface area contributed by atoms with Crippen LogP contribution in [0.4, 0.5) is 11.8 Å². The number of rotatable bonds is 4. The van der Waals surface area contributed by atoms with Crippen molar-refractivity contribution < 1.29 is 4.74 Å². The van der Waals surface area contributed by atoms with Crippen molar-refractivity contribution in [2.45, 2.75) is 33.1 Å². The van der Waals surface area contributed by atoms with Crippen LogP contribution in [0.25, 0.3) is 10.2 Å². The Hall–Kier alpha value is -1.40. The van der Waals surface area contributed by atoms with Crippen LogP contribution < -0.4 is 11.1 Å². The lowest BCUT2D eigenvalue weighted by Crippen LogP contribution is -2.33. The number of aryl methyl sites for hydroxylation is 1. The van der Waals surface area contributed by atoms with E-state index in [0.717, 1.165) is 55.1 Å². The number of hydrogen-bond donors (Lipinski definition) is 2. The maximum Gasteiger partial charge on any atom is 0.223 e. The zero-order valence-corrected chi connectivity index (χ0v) is 13.4. The molecular weight excluding hydrogens is 284 g/mol. The van der Waals surface area contributed by atoms with E-state index in [1.807, 2.05) is 0 Å². The van der Waals surface area contributed by atoms with Gasteiger partial charge in [0.25, 0.3) is 0 Å². The second-order valence-corrected chi connectivity index (χ2v) is 7.11. The largest absolute Gasteiger partial charge is 0.381 e. The fourth-order valence-electron chi connectivity index (χ4n) is 2.63. The Morgan fingerprint density at radius 3 is 2.86 bits per heavy atom. The van der Waals surface area contributed by atoms with Crippen LogP contribution >= 0.6 is 11.3 Å². The zero-order chi connectivity index (χ0) is 14.9. The Morgan fingerprint density at radius 1 is 1.38 bits per heavy atom. The van der Waals surface area contributed by atoms with Gasteiger partial charge in [-0.25, -0.2) is 4.98 Å². The lowest BCUT2D eigenvalue weighted by Gasteiger charge is -2.33. The first-order valence-electron chi connectivity index (χ1n) is 7.47. The molecule has 21 heavy (non-hydrogen) atoms. The molecule has 0 aliphatic carbocycles. The highest BCUT2D eigenvalue weighted by Gasteiger charge is 2.27. The summed E-state index contributed by atoms with van der Waals surface area (Å²) in [5.74, 6) is 1.20. The highest BCUT2D eigenvalue weighted by Crippen LogP contribution is 2.33. The molecule has 0 saturated carbocycles. The third kappa shape index (κ3) is 3.11. The first-order valence-corrected chi connectivity index (χ1v) is 8.29. The van der Waals surface area contributed by atoms with E-state index in [-0.39, 0.29) is 5.41 Å². The standard InChI is InChI=1S/C15H22N4OS/c1-3-10-8-11-12(18-14(16)19-13(11)21-10)17-9-15(2)4-6-20-7-5-15/h8H,3-7,9H2,1-2H3,(H3,16,17,18,19). The summed E-state index contributed by atoms with van der Waals surface area (Å²) in [7, 11) is 0. The van der Waals surface area contributed by atoms with E-state index >= 15 is 0 Å². The van der Waals surface area contributed by atoms with Gasteiger partial charge in [-0.1, -0.05) is 13.8 Å². The summed E-state index contributed by atoms with van der Waals surface area (Å²) in [6.45, 7) is 7.03. The van der Waals surface area contributed by atoms with Crippen LogP contribution in [-0.2, 0) is 11.2 Å². The van der Waals surface area contributed by atoms with Crippen LogP contribution in [0.5, 0.6) is 0 Å². The van der Waals surface area contributed by atoms with Crippen molar-refractivity contribution >= 4 is 33.3 Å². The first kappa shape index (κ1) is 14.5. The van der Waals surface area contributed by atoms with Crippen LogP contribution in [0.2, 0.25) is 0 Å². The minimum absolute atomic E-state index is 0.258. The second kappa shape index (κ2) is 5.77. The Labute approximate surface area is 128 Å². The molecule has 5 nitrogen and oxygen atoms in total. The SMILES string of the molecule is CCc1cc2c(NCC3(C)CCOCC3)nc(N)nc2s1. The molecule has 0 amide bonds. The number of nitrogen functional groups attached to an aromatic ring is 1. The normalized spacial score (nSPS) is 18.0. The fraction of sp³-hybridized carbons (Fsp3) is 0.600. The van der Waals surface area contributed by atoms with E-state index in [4.69, 9.17) is 10.5 Å². The van der Waals surface area contributed by atoms with Gasteiger partial charge in [-0.05, 0) is 30.7 Å². The molecule has 0 radical (unpaired) electrons. The van der Waals surface area contributed by atoms with Crippen molar-refractivity contribution in [2.24, 2.45) is 5.41 Å². The van der Waals surface area contributed by atoms with Gasteiger partial charge in [-0.15, -0.1) is 11.3 Å². The minimum atomic E-state index is 0.258. The van der Waals surface area contributed by atoms with E-state index in [1.54, 1.807) is 11.3 Å². The predicted octanol–water partition coefficient (Wildman–Crippen LogP) is 3.06. The smallest absolute Gasteiger partial charge is 0.223 e. The number of aromatic nitrogens is 2. The van der Waals surface area contributed by atoms with Gasteiger partial charge >= 0.3 is 0 Å². The number of fused-ring (bicyclic) bond motifs is 1. The van der Waals surface area contributed by atoms with E-state index in [1.165, 1.54) is 4.88 Å². The molecule has 1 saturated heterocycles. The van der Waals surface area contributed by atoms with Gasteiger partial charge in [0.15, 0.2) is 0 Å². The van der Waals surface area contributed by atoms with Gasteiger partial charge in [0.05, 0.1) is 5.39 Å². The number of hydrogen-bond acceptors (Lipinski definition) is 6. The third-order valence-electron chi connectivity index (χ3n) is 4.19. The molecule has 0 unspecified atom stereocenters. The van der Waals surface area contributed by atoms with E-state index in [2.05, 4.69) is 35.2 Å². The van der Waals surface area contributed by atoms with Crippen LogP contribution in [0, 0.1) is 5.41 Å². The molecule has 0 atom stereocenters. The summed E-state index contributed by atoms with van der Waals surface area (Å²) in [6, 6.07) is 2.17. The summed E-state index contributed by atoms with van der Waals surface area (Å²) in [6.07, 6.45) is 3.16. The number of thiophene rings is 1. The van der Waals surface area contributed by atoms with E-state index in [9.17, 15) is 0 Å². The number of ether oxygens (including phenoxy) is 1. The molecule has 1 fully saturated rings. The van der Waals surface area contributed by atoms with Crippen molar-refractivity contribution in [3.63, 3.8) is 0 Å². The first-order chi connectivity index (χ1) is 10.1. The molecule has 1 aliphatic heterocycles. The maximum atomic E-state index is 5.84. The van der Waals surface area contributed by atoms with Crippen molar-refractivity contribution in [2.75, 3.05) is 30.8 Å². The van der Waals surface area contributed by atoms with Gasteiger partial charge in [-0.3, -0.25) is 0 Å². The van der Waals surface area contributed by atoms with Crippen LogP contribution in [0.1, 0.15) is 31.6 Å². The van der Waals surface area contributed by atoms with Crippen LogP contribution in [0.15, 0.2) is 6.07 Å². The molecule has 3 heterocycles. The number of nitrogens with one attached hydrogen (secondary N) is 1. The molecule has 0 spiro atoms. The number of nitrogens with two attached hydrogens (primary N) is 1. The average molecular weight is 306 g/mol. The zero-order valence-electron chi connectivity index (χ0n) is 12.6. The monoisotopic (exact) mass is 306 g/mol. The highest BCUT2D eigenvalue weighted by molar-refractivity contribution is 7.18. The lowest BCUT2D eigenvalue weighted by molar-refractivity contribution is 0.0300. The summed E-state index contributed by atoms with van der Waals surface area (Å²) < 4.78 is 5.45. The molecule has 3 N–H and O–H groups in total. The molecule has 2 aromatic rings. The minimum Gasteiger partial charge on any atom is -0.381 e. The molecule has 6 heteroatoms. The molecule has 0 aromatic carbocycles. The van der Waals surface area contributed by atoms with E-state index < -0.39 is 0 Å². The third-order valence-corrected chi connectivity index (χ3v) is 5.37. The summed E-state index contributed by atoms with van der Waals surface area (Å²) in [4.78, 5) is 11.0. The topological polar surface area (TPSA) is 73.1 Å². The number of nitrogens with zero attached hydrogens (tertiary/aromatic N) is 2. The van der Waals surface area contributed by atoms with Crippen molar-refractivity contribution in [3.05, 3.63) is 10.9 Å². The molecular formula is C15H22N4OS. The summed E-state index contributed by atoms with van der Waals surface area (Å²) >= 11 is 1.70. The second-order valence-electron chi connectivity index (χ2n) is 5.99. The maximum absolute atomic E-state index is 5.84.